The first-order chi connectivity index (χ1) is 9.81. The Balaban J connectivity index is 1.88. The molecular formula is C16H20N4. The van der Waals surface area contributed by atoms with Crippen molar-refractivity contribution in [3.63, 3.8) is 0 Å². The van der Waals surface area contributed by atoms with Gasteiger partial charge in [0.05, 0.1) is 17.4 Å². The summed E-state index contributed by atoms with van der Waals surface area (Å²) in [6.07, 6.45) is 7.68. The van der Waals surface area contributed by atoms with Crippen LogP contribution in [-0.2, 0) is 19.3 Å². The Kier molecular flexibility index (Phi) is 3.63. The third kappa shape index (κ3) is 2.38. The number of hydrogen-bond acceptors (Lipinski definition) is 4. The number of hydrogen-bond donors (Lipinski definition) is 1. The van der Waals surface area contributed by atoms with Gasteiger partial charge in [0.25, 0.3) is 0 Å². The SMILES string of the molecule is CCc1cnc(CC)c(NC2CCc3ncccc32)n1. The van der Waals surface area contributed by atoms with E-state index in [1.807, 2.05) is 18.5 Å². The maximum atomic E-state index is 4.70. The van der Waals surface area contributed by atoms with Gasteiger partial charge >= 0.3 is 0 Å². The maximum absolute atomic E-state index is 4.70. The fourth-order valence-electron chi connectivity index (χ4n) is 2.72. The summed E-state index contributed by atoms with van der Waals surface area (Å²) in [6.45, 7) is 4.22. The van der Waals surface area contributed by atoms with E-state index in [9.17, 15) is 0 Å². The zero-order valence-electron chi connectivity index (χ0n) is 12.1. The summed E-state index contributed by atoms with van der Waals surface area (Å²) in [5, 5.41) is 3.58. The molecule has 3 rings (SSSR count). The highest BCUT2D eigenvalue weighted by molar-refractivity contribution is 5.45. The molecule has 1 aliphatic rings. The summed E-state index contributed by atoms with van der Waals surface area (Å²) in [4.78, 5) is 13.7. The van der Waals surface area contributed by atoms with Gasteiger partial charge in [-0.15, -0.1) is 0 Å². The average Bonchev–Trinajstić information content (AvgIpc) is 2.90. The largest absolute Gasteiger partial charge is 0.362 e. The number of anilines is 1. The van der Waals surface area contributed by atoms with E-state index in [0.29, 0.717) is 6.04 Å². The molecule has 1 unspecified atom stereocenters. The van der Waals surface area contributed by atoms with E-state index in [1.165, 1.54) is 11.3 Å². The molecule has 1 atom stereocenters. The normalized spacial score (nSPS) is 17.0. The molecule has 20 heavy (non-hydrogen) atoms. The van der Waals surface area contributed by atoms with Gasteiger partial charge in [-0.1, -0.05) is 19.9 Å². The van der Waals surface area contributed by atoms with Crippen LogP contribution in [-0.4, -0.2) is 15.0 Å². The fraction of sp³-hybridized carbons (Fsp3) is 0.438. The summed E-state index contributed by atoms with van der Waals surface area (Å²) in [5.74, 6) is 0.938. The summed E-state index contributed by atoms with van der Waals surface area (Å²) in [5.41, 5.74) is 4.59. The third-order valence-electron chi connectivity index (χ3n) is 3.88. The first-order valence-electron chi connectivity index (χ1n) is 7.37. The van der Waals surface area contributed by atoms with E-state index in [2.05, 4.69) is 35.2 Å². The predicted molar refractivity (Wildman–Crippen MR) is 79.7 cm³/mol. The van der Waals surface area contributed by atoms with Crippen molar-refractivity contribution >= 4 is 5.82 Å². The van der Waals surface area contributed by atoms with Crippen LogP contribution in [0.1, 0.15) is 49.0 Å². The molecule has 0 spiro atoms. The first-order valence-corrected chi connectivity index (χ1v) is 7.37. The van der Waals surface area contributed by atoms with Gasteiger partial charge in [0.2, 0.25) is 0 Å². The van der Waals surface area contributed by atoms with Crippen LogP contribution in [0.15, 0.2) is 24.5 Å². The van der Waals surface area contributed by atoms with Gasteiger partial charge in [-0.05, 0) is 37.3 Å². The summed E-state index contributed by atoms with van der Waals surface area (Å²) in [7, 11) is 0. The van der Waals surface area contributed by atoms with Gasteiger partial charge in [0.15, 0.2) is 0 Å². The summed E-state index contributed by atoms with van der Waals surface area (Å²) in [6, 6.07) is 4.48. The molecule has 2 aromatic rings. The molecule has 1 N–H and O–H groups in total. The molecule has 2 aromatic heterocycles. The topological polar surface area (TPSA) is 50.7 Å². The molecule has 0 saturated heterocycles. The number of aryl methyl sites for hydroxylation is 3. The second-order valence-electron chi connectivity index (χ2n) is 5.14. The van der Waals surface area contributed by atoms with Crippen molar-refractivity contribution in [2.45, 2.75) is 45.6 Å². The first kappa shape index (κ1) is 13.0. The van der Waals surface area contributed by atoms with Crippen LogP contribution in [0.4, 0.5) is 5.82 Å². The lowest BCUT2D eigenvalue weighted by atomic mass is 10.1. The quantitative estimate of drug-likeness (QED) is 0.925. The van der Waals surface area contributed by atoms with Crippen molar-refractivity contribution < 1.29 is 0 Å². The lowest BCUT2D eigenvalue weighted by molar-refractivity contribution is 0.748. The molecule has 0 bridgehead atoms. The minimum atomic E-state index is 0.311. The van der Waals surface area contributed by atoms with Crippen molar-refractivity contribution in [2.75, 3.05) is 5.32 Å². The van der Waals surface area contributed by atoms with Crippen LogP contribution in [0.5, 0.6) is 0 Å². The monoisotopic (exact) mass is 268 g/mol. The van der Waals surface area contributed by atoms with Crippen LogP contribution in [0, 0.1) is 0 Å². The number of fused-ring (bicyclic) bond motifs is 1. The Bertz CT molecular complexity index is 609. The average molecular weight is 268 g/mol. The number of nitrogens with one attached hydrogen (secondary N) is 1. The van der Waals surface area contributed by atoms with Gasteiger partial charge in [-0.3, -0.25) is 9.97 Å². The van der Waals surface area contributed by atoms with Crippen LogP contribution in [0.2, 0.25) is 0 Å². The number of aromatic nitrogens is 3. The van der Waals surface area contributed by atoms with Crippen molar-refractivity contribution in [1.29, 1.82) is 0 Å². The van der Waals surface area contributed by atoms with Crippen molar-refractivity contribution in [3.05, 3.63) is 47.2 Å². The second-order valence-corrected chi connectivity index (χ2v) is 5.14. The van der Waals surface area contributed by atoms with Crippen molar-refractivity contribution in [1.82, 2.24) is 15.0 Å². The van der Waals surface area contributed by atoms with Crippen LogP contribution < -0.4 is 5.32 Å². The minimum absolute atomic E-state index is 0.311. The number of rotatable bonds is 4. The third-order valence-corrected chi connectivity index (χ3v) is 3.88. The lowest BCUT2D eigenvalue weighted by Crippen LogP contribution is -2.12. The maximum Gasteiger partial charge on any atom is 0.148 e. The van der Waals surface area contributed by atoms with E-state index >= 15 is 0 Å². The molecular weight excluding hydrogens is 248 g/mol. The van der Waals surface area contributed by atoms with E-state index < -0.39 is 0 Å². The van der Waals surface area contributed by atoms with Crippen LogP contribution in [0.25, 0.3) is 0 Å². The van der Waals surface area contributed by atoms with Crippen LogP contribution >= 0.6 is 0 Å². The predicted octanol–water partition coefficient (Wildman–Crippen LogP) is 3.10. The van der Waals surface area contributed by atoms with Gasteiger partial charge < -0.3 is 5.32 Å². The fourth-order valence-corrected chi connectivity index (χ4v) is 2.72. The molecule has 0 amide bonds. The lowest BCUT2D eigenvalue weighted by Gasteiger charge is -2.17. The Labute approximate surface area is 119 Å². The molecule has 0 fully saturated rings. The highest BCUT2D eigenvalue weighted by Gasteiger charge is 2.24. The highest BCUT2D eigenvalue weighted by Crippen LogP contribution is 2.32. The zero-order chi connectivity index (χ0) is 13.9. The number of pyridine rings is 1. The minimum Gasteiger partial charge on any atom is -0.362 e. The van der Waals surface area contributed by atoms with E-state index in [0.717, 1.165) is 42.9 Å². The Morgan fingerprint density at radius 2 is 2.15 bits per heavy atom. The summed E-state index contributed by atoms with van der Waals surface area (Å²) < 4.78 is 0. The zero-order valence-corrected chi connectivity index (χ0v) is 12.1. The Hall–Kier alpha value is -1.97. The number of nitrogens with zero attached hydrogens (tertiary/aromatic N) is 3. The Morgan fingerprint density at radius 1 is 1.25 bits per heavy atom. The second kappa shape index (κ2) is 5.57. The van der Waals surface area contributed by atoms with Crippen LogP contribution in [0.3, 0.4) is 0 Å². The van der Waals surface area contributed by atoms with E-state index in [4.69, 9.17) is 4.98 Å². The molecule has 0 saturated carbocycles. The van der Waals surface area contributed by atoms with E-state index in [1.54, 1.807) is 0 Å². The molecule has 0 aromatic carbocycles. The smallest absolute Gasteiger partial charge is 0.148 e. The molecule has 0 aliphatic heterocycles. The molecule has 4 nitrogen and oxygen atoms in total. The van der Waals surface area contributed by atoms with Gasteiger partial charge in [-0.25, -0.2) is 4.98 Å². The van der Waals surface area contributed by atoms with Crippen molar-refractivity contribution in [3.8, 4) is 0 Å². The molecule has 0 radical (unpaired) electrons. The molecule has 4 heteroatoms. The molecule has 2 heterocycles. The molecule has 1 aliphatic carbocycles. The summed E-state index contributed by atoms with van der Waals surface area (Å²) >= 11 is 0. The van der Waals surface area contributed by atoms with Gasteiger partial charge in [0, 0.05) is 18.1 Å². The Morgan fingerprint density at radius 3 is 2.95 bits per heavy atom. The standard InChI is InChI=1S/C16H20N4/c1-3-11-10-18-13(4-2)16(19-11)20-15-8-7-14-12(15)6-5-9-17-14/h5-6,9-10,15H,3-4,7-8H2,1-2H3,(H,19,20). The molecule has 104 valence electrons. The van der Waals surface area contributed by atoms with Gasteiger partial charge in [-0.2, -0.15) is 0 Å². The highest BCUT2D eigenvalue weighted by atomic mass is 15.1. The van der Waals surface area contributed by atoms with E-state index in [-0.39, 0.29) is 0 Å². The van der Waals surface area contributed by atoms with Gasteiger partial charge in [0.1, 0.15) is 5.82 Å². The van der Waals surface area contributed by atoms with Crippen molar-refractivity contribution in [2.24, 2.45) is 0 Å².